The lowest BCUT2D eigenvalue weighted by molar-refractivity contribution is -0.122. The van der Waals surface area contributed by atoms with Crippen LogP contribution < -0.4 is 10.6 Å². The van der Waals surface area contributed by atoms with Crippen LogP contribution in [0, 0.1) is 11.8 Å². The predicted molar refractivity (Wildman–Crippen MR) is 68.8 cm³/mol. The molecule has 2 atom stereocenters. The zero-order valence-electron chi connectivity index (χ0n) is 10.9. The molecular weight excluding hydrogens is 214 g/mol. The minimum atomic E-state index is 0.244. The molecule has 98 valence electrons. The third kappa shape index (κ3) is 4.28. The Morgan fingerprint density at radius 2 is 2.29 bits per heavy atom. The molecule has 1 amide bonds. The Labute approximate surface area is 104 Å². The van der Waals surface area contributed by atoms with Crippen LogP contribution in [0.4, 0.5) is 0 Å². The summed E-state index contributed by atoms with van der Waals surface area (Å²) >= 11 is 0. The van der Waals surface area contributed by atoms with Gasteiger partial charge in [0.2, 0.25) is 5.91 Å². The fourth-order valence-corrected chi connectivity index (χ4v) is 2.88. The Balaban J connectivity index is 1.60. The first-order valence-electron chi connectivity index (χ1n) is 6.90. The van der Waals surface area contributed by atoms with Crippen molar-refractivity contribution in [3.8, 4) is 0 Å². The van der Waals surface area contributed by atoms with Gasteiger partial charge >= 0.3 is 0 Å². The van der Waals surface area contributed by atoms with E-state index in [9.17, 15) is 4.79 Å². The molecule has 2 heterocycles. The van der Waals surface area contributed by atoms with Crippen LogP contribution in [0.3, 0.4) is 0 Å². The van der Waals surface area contributed by atoms with Crippen molar-refractivity contribution in [1.82, 2.24) is 15.5 Å². The maximum Gasteiger partial charge on any atom is 0.220 e. The smallest absolute Gasteiger partial charge is 0.220 e. The van der Waals surface area contributed by atoms with E-state index in [2.05, 4.69) is 22.6 Å². The minimum Gasteiger partial charge on any atom is -0.356 e. The quantitative estimate of drug-likeness (QED) is 0.748. The maximum absolute atomic E-state index is 11.8. The normalized spacial score (nSPS) is 30.4. The summed E-state index contributed by atoms with van der Waals surface area (Å²) < 4.78 is 0. The van der Waals surface area contributed by atoms with Crippen LogP contribution in [0.25, 0.3) is 0 Å². The average molecular weight is 239 g/mol. The molecule has 17 heavy (non-hydrogen) atoms. The second kappa shape index (κ2) is 6.36. The molecule has 0 aromatic carbocycles. The van der Waals surface area contributed by atoms with Crippen LogP contribution in [-0.4, -0.2) is 50.6 Å². The molecule has 0 aromatic heterocycles. The maximum atomic E-state index is 11.8. The molecule has 4 nitrogen and oxygen atoms in total. The van der Waals surface area contributed by atoms with Crippen LogP contribution in [0.15, 0.2) is 0 Å². The Bertz CT molecular complexity index is 251. The van der Waals surface area contributed by atoms with E-state index in [0.717, 1.165) is 26.2 Å². The summed E-state index contributed by atoms with van der Waals surface area (Å²) in [5.41, 5.74) is 0. The highest BCUT2D eigenvalue weighted by atomic mass is 16.1. The summed E-state index contributed by atoms with van der Waals surface area (Å²) in [6.07, 6.45) is 4.34. The molecule has 0 bridgehead atoms. The van der Waals surface area contributed by atoms with Gasteiger partial charge in [0.25, 0.3) is 0 Å². The van der Waals surface area contributed by atoms with E-state index in [-0.39, 0.29) is 5.91 Å². The number of carbonyl (C=O) groups is 1. The summed E-state index contributed by atoms with van der Waals surface area (Å²) in [5, 5.41) is 6.46. The van der Waals surface area contributed by atoms with E-state index in [1.807, 2.05) is 0 Å². The van der Waals surface area contributed by atoms with Crippen molar-refractivity contribution >= 4 is 5.91 Å². The van der Waals surface area contributed by atoms with Gasteiger partial charge in [-0.15, -0.1) is 0 Å². The lowest BCUT2D eigenvalue weighted by Crippen LogP contribution is -2.36. The SMILES string of the molecule is CN1CCC(CNC(=O)CC2CCCNC2)C1. The second-order valence-electron chi connectivity index (χ2n) is 5.64. The van der Waals surface area contributed by atoms with Crippen molar-refractivity contribution in [2.24, 2.45) is 11.8 Å². The Morgan fingerprint density at radius 3 is 2.94 bits per heavy atom. The molecule has 2 aliphatic heterocycles. The molecule has 2 N–H and O–H groups in total. The summed E-state index contributed by atoms with van der Waals surface area (Å²) in [5.74, 6) is 1.46. The lowest BCUT2D eigenvalue weighted by atomic mass is 9.96. The monoisotopic (exact) mass is 239 g/mol. The van der Waals surface area contributed by atoms with Crippen LogP contribution in [-0.2, 0) is 4.79 Å². The zero-order valence-corrected chi connectivity index (χ0v) is 10.9. The largest absolute Gasteiger partial charge is 0.356 e. The van der Waals surface area contributed by atoms with Gasteiger partial charge in [0, 0.05) is 19.5 Å². The standard InChI is InChI=1S/C13H25N3O/c1-16-6-4-12(10-16)9-15-13(17)7-11-3-2-5-14-8-11/h11-12,14H,2-10H2,1H3,(H,15,17). The number of amides is 1. The summed E-state index contributed by atoms with van der Waals surface area (Å²) in [6.45, 7) is 5.30. The van der Waals surface area contributed by atoms with Crippen LogP contribution in [0.1, 0.15) is 25.7 Å². The molecule has 0 saturated carbocycles. The molecule has 0 spiro atoms. The van der Waals surface area contributed by atoms with E-state index in [1.54, 1.807) is 0 Å². The Kier molecular flexibility index (Phi) is 4.80. The first-order chi connectivity index (χ1) is 8.24. The average Bonchev–Trinajstić information content (AvgIpc) is 2.74. The Morgan fingerprint density at radius 1 is 1.41 bits per heavy atom. The van der Waals surface area contributed by atoms with Crippen molar-refractivity contribution in [2.45, 2.75) is 25.7 Å². The number of hydrogen-bond donors (Lipinski definition) is 2. The summed E-state index contributed by atoms with van der Waals surface area (Å²) in [7, 11) is 2.15. The second-order valence-corrected chi connectivity index (χ2v) is 5.64. The van der Waals surface area contributed by atoms with Gasteiger partial charge in [-0.3, -0.25) is 4.79 Å². The molecule has 2 rings (SSSR count). The van der Waals surface area contributed by atoms with Crippen molar-refractivity contribution in [2.75, 3.05) is 39.8 Å². The molecule has 2 aliphatic rings. The number of carbonyl (C=O) groups excluding carboxylic acids is 1. The minimum absolute atomic E-state index is 0.244. The molecule has 0 radical (unpaired) electrons. The Hall–Kier alpha value is -0.610. The first kappa shape index (κ1) is 12.8. The van der Waals surface area contributed by atoms with Gasteiger partial charge in [-0.2, -0.15) is 0 Å². The number of piperidine rings is 1. The highest BCUT2D eigenvalue weighted by molar-refractivity contribution is 5.76. The number of hydrogen-bond acceptors (Lipinski definition) is 3. The van der Waals surface area contributed by atoms with E-state index in [0.29, 0.717) is 18.3 Å². The van der Waals surface area contributed by atoms with Gasteiger partial charge in [-0.05, 0) is 57.8 Å². The third-order valence-electron chi connectivity index (χ3n) is 3.95. The van der Waals surface area contributed by atoms with E-state index in [4.69, 9.17) is 0 Å². The molecule has 2 unspecified atom stereocenters. The highest BCUT2D eigenvalue weighted by Crippen LogP contribution is 2.15. The molecule has 2 fully saturated rings. The molecule has 4 heteroatoms. The molecule has 0 aromatic rings. The van der Waals surface area contributed by atoms with E-state index < -0.39 is 0 Å². The van der Waals surface area contributed by atoms with Crippen LogP contribution in [0.5, 0.6) is 0 Å². The number of likely N-dealkylation sites (tertiary alicyclic amines) is 1. The summed E-state index contributed by atoms with van der Waals surface area (Å²) in [4.78, 5) is 14.1. The van der Waals surface area contributed by atoms with Gasteiger partial charge in [-0.25, -0.2) is 0 Å². The van der Waals surface area contributed by atoms with Gasteiger partial charge < -0.3 is 15.5 Å². The van der Waals surface area contributed by atoms with Gasteiger partial charge in [-0.1, -0.05) is 0 Å². The predicted octanol–water partition coefficient (Wildman–Crippen LogP) is 0.444. The van der Waals surface area contributed by atoms with E-state index in [1.165, 1.54) is 25.8 Å². The van der Waals surface area contributed by atoms with Gasteiger partial charge in [0.15, 0.2) is 0 Å². The molecule has 0 aliphatic carbocycles. The molecule has 2 saturated heterocycles. The first-order valence-corrected chi connectivity index (χ1v) is 6.90. The fraction of sp³-hybridized carbons (Fsp3) is 0.923. The number of nitrogens with zero attached hydrogens (tertiary/aromatic N) is 1. The van der Waals surface area contributed by atoms with E-state index >= 15 is 0 Å². The van der Waals surface area contributed by atoms with Crippen LogP contribution >= 0.6 is 0 Å². The summed E-state index contributed by atoms with van der Waals surface area (Å²) in [6, 6.07) is 0. The van der Waals surface area contributed by atoms with Crippen molar-refractivity contribution in [3.63, 3.8) is 0 Å². The van der Waals surface area contributed by atoms with Gasteiger partial charge in [0.05, 0.1) is 0 Å². The topological polar surface area (TPSA) is 44.4 Å². The molecular formula is C13H25N3O. The van der Waals surface area contributed by atoms with Crippen molar-refractivity contribution < 1.29 is 4.79 Å². The number of rotatable bonds is 4. The number of nitrogens with one attached hydrogen (secondary N) is 2. The zero-order chi connectivity index (χ0) is 12.1. The van der Waals surface area contributed by atoms with Gasteiger partial charge in [0.1, 0.15) is 0 Å². The third-order valence-corrected chi connectivity index (χ3v) is 3.95. The van der Waals surface area contributed by atoms with Crippen molar-refractivity contribution in [1.29, 1.82) is 0 Å². The van der Waals surface area contributed by atoms with Crippen molar-refractivity contribution in [3.05, 3.63) is 0 Å². The van der Waals surface area contributed by atoms with Crippen LogP contribution in [0.2, 0.25) is 0 Å². The lowest BCUT2D eigenvalue weighted by Gasteiger charge is -2.22. The fourth-order valence-electron chi connectivity index (χ4n) is 2.88. The highest BCUT2D eigenvalue weighted by Gasteiger charge is 2.21.